The Balaban J connectivity index is 2.08. The average Bonchev–Trinajstić information content (AvgIpc) is 2.66. The normalized spacial score (nSPS) is 12.9. The van der Waals surface area contributed by atoms with Crippen molar-refractivity contribution in [2.45, 2.75) is 32.7 Å². The molecule has 0 aliphatic heterocycles. The predicted octanol–water partition coefficient (Wildman–Crippen LogP) is 1.98. The Labute approximate surface area is 148 Å². The minimum atomic E-state index is -0.666. The fourth-order valence-corrected chi connectivity index (χ4v) is 2.25. The summed E-state index contributed by atoms with van der Waals surface area (Å²) < 4.78 is 0. The molecule has 0 aliphatic carbocycles. The van der Waals surface area contributed by atoms with Gasteiger partial charge in [0.25, 0.3) is 5.91 Å². The molecule has 2 amide bonds. The largest absolute Gasteiger partial charge is 0.354 e. The van der Waals surface area contributed by atoms with Crippen LogP contribution in [-0.4, -0.2) is 34.4 Å². The van der Waals surface area contributed by atoms with Gasteiger partial charge in [-0.1, -0.05) is 50.6 Å². The van der Waals surface area contributed by atoms with Gasteiger partial charge in [0.05, 0.1) is 6.20 Å². The maximum Gasteiger partial charge on any atom is 0.272 e. The molecule has 0 saturated heterocycles. The van der Waals surface area contributed by atoms with Crippen LogP contribution < -0.4 is 10.6 Å². The molecule has 0 fully saturated rings. The quantitative estimate of drug-likeness (QED) is 0.770. The van der Waals surface area contributed by atoms with Crippen LogP contribution in [0.1, 0.15) is 36.3 Å². The zero-order chi connectivity index (χ0) is 18.1. The van der Waals surface area contributed by atoms with Crippen LogP contribution in [0.3, 0.4) is 0 Å². The number of nitrogens with one attached hydrogen (secondary N) is 2. The van der Waals surface area contributed by atoms with E-state index in [4.69, 9.17) is 0 Å². The molecule has 0 saturated carbocycles. The van der Waals surface area contributed by atoms with Gasteiger partial charge in [-0.2, -0.15) is 0 Å². The molecule has 132 valence electrons. The highest BCUT2D eigenvalue weighted by Crippen LogP contribution is 2.05. The van der Waals surface area contributed by atoms with Crippen LogP contribution in [0.15, 0.2) is 48.9 Å². The van der Waals surface area contributed by atoms with Crippen LogP contribution in [0.25, 0.3) is 0 Å². The zero-order valence-corrected chi connectivity index (χ0v) is 14.6. The van der Waals surface area contributed by atoms with Gasteiger partial charge in [-0.3, -0.25) is 14.6 Å². The van der Waals surface area contributed by atoms with E-state index in [-0.39, 0.29) is 11.6 Å². The fourth-order valence-electron chi connectivity index (χ4n) is 2.25. The summed E-state index contributed by atoms with van der Waals surface area (Å²) in [5, 5.41) is 5.69. The van der Waals surface area contributed by atoms with Crippen LogP contribution in [0.4, 0.5) is 0 Å². The highest BCUT2D eigenvalue weighted by atomic mass is 16.2. The standard InChI is InChI=1S/C19H24N4O2/c1-3-14(2)12-22-18(24)16(11-15-7-5-4-6-8-15)23-19(25)17-13-20-9-10-21-17/h4-10,13-14,16H,3,11-12H2,1-2H3,(H,22,24)(H,23,25)/t14?,16-/m0/s1. The molecule has 6 nitrogen and oxygen atoms in total. The lowest BCUT2D eigenvalue weighted by Gasteiger charge is -2.19. The number of amides is 2. The first kappa shape index (κ1) is 18.6. The summed E-state index contributed by atoms with van der Waals surface area (Å²) in [6.07, 6.45) is 5.72. The second-order valence-electron chi connectivity index (χ2n) is 6.06. The van der Waals surface area contributed by atoms with E-state index in [1.807, 2.05) is 30.3 Å². The van der Waals surface area contributed by atoms with Gasteiger partial charge in [-0.15, -0.1) is 0 Å². The Hall–Kier alpha value is -2.76. The molecule has 1 aromatic heterocycles. The van der Waals surface area contributed by atoms with Gasteiger partial charge in [0.1, 0.15) is 11.7 Å². The van der Waals surface area contributed by atoms with Gasteiger partial charge < -0.3 is 10.6 Å². The first-order valence-electron chi connectivity index (χ1n) is 8.48. The third-order valence-electron chi connectivity index (χ3n) is 4.02. The first-order valence-corrected chi connectivity index (χ1v) is 8.48. The zero-order valence-electron chi connectivity index (χ0n) is 14.6. The van der Waals surface area contributed by atoms with Crippen LogP contribution >= 0.6 is 0 Å². The highest BCUT2D eigenvalue weighted by molar-refractivity contribution is 5.95. The van der Waals surface area contributed by atoms with Crippen molar-refractivity contribution in [3.8, 4) is 0 Å². The van der Waals surface area contributed by atoms with Gasteiger partial charge in [-0.05, 0) is 11.5 Å². The number of aromatic nitrogens is 2. The van der Waals surface area contributed by atoms with E-state index in [9.17, 15) is 9.59 Å². The minimum absolute atomic E-state index is 0.190. The molecular formula is C19H24N4O2. The number of rotatable bonds is 8. The molecule has 1 heterocycles. The summed E-state index contributed by atoms with van der Waals surface area (Å²) >= 11 is 0. The summed E-state index contributed by atoms with van der Waals surface area (Å²) in [5.41, 5.74) is 1.17. The Kier molecular flexibility index (Phi) is 7.07. The predicted molar refractivity (Wildman–Crippen MR) is 95.9 cm³/mol. The molecule has 2 atom stereocenters. The Morgan fingerprint density at radius 1 is 1.16 bits per heavy atom. The number of carbonyl (C=O) groups is 2. The lowest BCUT2D eigenvalue weighted by molar-refractivity contribution is -0.123. The van der Waals surface area contributed by atoms with Crippen molar-refractivity contribution in [1.82, 2.24) is 20.6 Å². The molecule has 2 aromatic rings. The van der Waals surface area contributed by atoms with E-state index >= 15 is 0 Å². The SMILES string of the molecule is CCC(C)CNC(=O)[C@H](Cc1ccccc1)NC(=O)c1cnccn1. The van der Waals surface area contributed by atoms with Crippen molar-refractivity contribution in [2.75, 3.05) is 6.54 Å². The van der Waals surface area contributed by atoms with Crippen molar-refractivity contribution in [1.29, 1.82) is 0 Å². The Morgan fingerprint density at radius 3 is 2.56 bits per heavy atom. The van der Waals surface area contributed by atoms with Crippen molar-refractivity contribution in [2.24, 2.45) is 5.92 Å². The van der Waals surface area contributed by atoms with E-state index < -0.39 is 11.9 Å². The fraction of sp³-hybridized carbons (Fsp3) is 0.368. The van der Waals surface area contributed by atoms with E-state index in [2.05, 4.69) is 34.4 Å². The van der Waals surface area contributed by atoms with Crippen molar-refractivity contribution in [3.63, 3.8) is 0 Å². The molecular weight excluding hydrogens is 316 g/mol. The summed E-state index contributed by atoms with van der Waals surface area (Å²) in [4.78, 5) is 32.8. The Bertz CT molecular complexity index is 676. The summed E-state index contributed by atoms with van der Waals surface area (Å²) in [5.74, 6) is -0.217. The molecule has 6 heteroatoms. The topological polar surface area (TPSA) is 84.0 Å². The van der Waals surface area contributed by atoms with Crippen molar-refractivity contribution < 1.29 is 9.59 Å². The second-order valence-corrected chi connectivity index (χ2v) is 6.06. The average molecular weight is 340 g/mol. The van der Waals surface area contributed by atoms with E-state index in [0.29, 0.717) is 18.9 Å². The van der Waals surface area contributed by atoms with Gasteiger partial charge in [0.2, 0.25) is 5.91 Å². The summed E-state index contributed by atoms with van der Waals surface area (Å²) in [6.45, 7) is 4.74. The van der Waals surface area contributed by atoms with Crippen LogP contribution in [-0.2, 0) is 11.2 Å². The van der Waals surface area contributed by atoms with E-state index in [0.717, 1.165) is 12.0 Å². The molecule has 0 spiro atoms. The Morgan fingerprint density at radius 2 is 1.92 bits per heavy atom. The lowest BCUT2D eigenvalue weighted by Crippen LogP contribution is -2.49. The third kappa shape index (κ3) is 5.99. The number of nitrogens with zero attached hydrogens (tertiary/aromatic N) is 2. The van der Waals surface area contributed by atoms with Gasteiger partial charge in [-0.25, -0.2) is 4.98 Å². The summed E-state index contributed by atoms with van der Waals surface area (Å²) in [7, 11) is 0. The summed E-state index contributed by atoms with van der Waals surface area (Å²) in [6, 6.07) is 8.94. The number of hydrogen-bond donors (Lipinski definition) is 2. The second kappa shape index (κ2) is 9.52. The van der Waals surface area contributed by atoms with Crippen LogP contribution in [0.5, 0.6) is 0 Å². The molecule has 1 aromatic carbocycles. The number of benzene rings is 1. The number of carbonyl (C=O) groups excluding carboxylic acids is 2. The highest BCUT2D eigenvalue weighted by Gasteiger charge is 2.22. The number of hydrogen-bond acceptors (Lipinski definition) is 4. The molecule has 0 radical (unpaired) electrons. The maximum atomic E-state index is 12.6. The van der Waals surface area contributed by atoms with Gasteiger partial charge in [0.15, 0.2) is 0 Å². The van der Waals surface area contributed by atoms with Crippen LogP contribution in [0, 0.1) is 5.92 Å². The van der Waals surface area contributed by atoms with Crippen LogP contribution in [0.2, 0.25) is 0 Å². The van der Waals surface area contributed by atoms with Gasteiger partial charge >= 0.3 is 0 Å². The van der Waals surface area contributed by atoms with Crippen molar-refractivity contribution in [3.05, 3.63) is 60.2 Å². The molecule has 25 heavy (non-hydrogen) atoms. The molecule has 1 unspecified atom stereocenters. The molecule has 0 aliphatic rings. The lowest BCUT2D eigenvalue weighted by atomic mass is 10.0. The minimum Gasteiger partial charge on any atom is -0.354 e. The van der Waals surface area contributed by atoms with E-state index in [1.54, 1.807) is 0 Å². The van der Waals surface area contributed by atoms with Crippen molar-refractivity contribution >= 4 is 11.8 Å². The molecule has 2 N–H and O–H groups in total. The third-order valence-corrected chi connectivity index (χ3v) is 4.02. The van der Waals surface area contributed by atoms with Gasteiger partial charge in [0, 0.05) is 25.4 Å². The van der Waals surface area contributed by atoms with E-state index in [1.165, 1.54) is 18.6 Å². The first-order chi connectivity index (χ1) is 12.1. The maximum absolute atomic E-state index is 12.6. The monoisotopic (exact) mass is 340 g/mol. The smallest absolute Gasteiger partial charge is 0.272 e. The molecule has 2 rings (SSSR count). The molecule has 0 bridgehead atoms.